The van der Waals surface area contributed by atoms with Gasteiger partial charge in [-0.3, -0.25) is 4.79 Å². The molecule has 0 bridgehead atoms. The van der Waals surface area contributed by atoms with Gasteiger partial charge < -0.3 is 20.3 Å². The Morgan fingerprint density at radius 2 is 2.11 bits per heavy atom. The van der Waals surface area contributed by atoms with Gasteiger partial charge in [-0.1, -0.05) is 6.92 Å². The summed E-state index contributed by atoms with van der Waals surface area (Å²) in [6, 6.07) is -0.285. The molecule has 3 N–H and O–H groups in total. The summed E-state index contributed by atoms with van der Waals surface area (Å²) in [4.78, 5) is 26.1. The quantitative estimate of drug-likeness (QED) is 0.665. The van der Waals surface area contributed by atoms with Gasteiger partial charge in [0.05, 0.1) is 5.92 Å². The van der Waals surface area contributed by atoms with E-state index in [0.717, 1.165) is 5.82 Å². The Balaban J connectivity index is 2.12. The second-order valence-corrected chi connectivity index (χ2v) is 4.42. The highest BCUT2D eigenvalue weighted by atomic mass is 16.4. The second kappa shape index (κ2) is 7.40. The van der Waals surface area contributed by atoms with Crippen molar-refractivity contribution in [3.05, 3.63) is 18.2 Å². The molecule has 19 heavy (non-hydrogen) atoms. The highest BCUT2D eigenvalue weighted by molar-refractivity contribution is 5.74. The zero-order valence-electron chi connectivity index (χ0n) is 11.2. The van der Waals surface area contributed by atoms with Crippen molar-refractivity contribution in [1.29, 1.82) is 0 Å². The summed E-state index contributed by atoms with van der Waals surface area (Å²) in [5.41, 5.74) is 0. The van der Waals surface area contributed by atoms with E-state index in [1.807, 2.05) is 17.8 Å². The molecule has 1 unspecified atom stereocenters. The fourth-order valence-electron chi connectivity index (χ4n) is 1.51. The van der Waals surface area contributed by atoms with Crippen molar-refractivity contribution >= 4 is 12.0 Å². The molecule has 0 aliphatic rings. The number of aryl methyl sites for hydroxylation is 1. The van der Waals surface area contributed by atoms with E-state index in [1.165, 1.54) is 0 Å². The molecule has 0 spiro atoms. The zero-order chi connectivity index (χ0) is 14.3. The number of carbonyl (C=O) groups excluding carboxylic acids is 1. The van der Waals surface area contributed by atoms with Crippen molar-refractivity contribution < 1.29 is 14.7 Å². The monoisotopic (exact) mass is 268 g/mol. The number of hydrogen-bond donors (Lipinski definition) is 3. The third kappa shape index (κ3) is 5.41. The van der Waals surface area contributed by atoms with Crippen LogP contribution in [0.4, 0.5) is 4.79 Å². The van der Waals surface area contributed by atoms with Gasteiger partial charge in [0.15, 0.2) is 0 Å². The number of imidazole rings is 1. The summed E-state index contributed by atoms with van der Waals surface area (Å²) in [5.74, 6) is -0.398. The molecule has 2 amide bonds. The molecular formula is C12H20N4O3. The molecule has 0 radical (unpaired) electrons. The van der Waals surface area contributed by atoms with Crippen molar-refractivity contribution in [2.24, 2.45) is 13.0 Å². The number of aliphatic carboxylic acids is 1. The van der Waals surface area contributed by atoms with Gasteiger partial charge in [-0.25, -0.2) is 9.78 Å². The van der Waals surface area contributed by atoms with Crippen LogP contribution in [0.1, 0.15) is 19.2 Å². The third-order valence-corrected chi connectivity index (χ3v) is 2.84. The maximum atomic E-state index is 11.4. The normalized spacial score (nSPS) is 11.9. The van der Waals surface area contributed by atoms with Gasteiger partial charge in [0.2, 0.25) is 0 Å². The molecule has 0 aliphatic carbocycles. The third-order valence-electron chi connectivity index (χ3n) is 2.84. The van der Waals surface area contributed by atoms with Gasteiger partial charge in [-0.2, -0.15) is 0 Å². The van der Waals surface area contributed by atoms with Crippen molar-refractivity contribution in [2.45, 2.75) is 19.8 Å². The molecular weight excluding hydrogens is 248 g/mol. The highest BCUT2D eigenvalue weighted by Gasteiger charge is 2.10. The molecule has 1 aromatic rings. The molecule has 1 aromatic heterocycles. The van der Waals surface area contributed by atoms with Crippen LogP contribution in [0.3, 0.4) is 0 Å². The summed E-state index contributed by atoms with van der Waals surface area (Å²) in [5, 5.41) is 14.0. The number of carboxylic acid groups (broad SMARTS) is 1. The molecule has 0 saturated carbocycles. The second-order valence-electron chi connectivity index (χ2n) is 4.42. The summed E-state index contributed by atoms with van der Waals surface area (Å²) in [6.07, 6.45) is 4.63. The Morgan fingerprint density at radius 3 is 2.68 bits per heavy atom. The maximum absolute atomic E-state index is 11.4. The fraction of sp³-hybridized carbons (Fsp3) is 0.583. The van der Waals surface area contributed by atoms with Crippen molar-refractivity contribution in [3.8, 4) is 0 Å². The van der Waals surface area contributed by atoms with Crippen LogP contribution in [0.15, 0.2) is 12.4 Å². The zero-order valence-corrected chi connectivity index (χ0v) is 11.2. The predicted octanol–water partition coefficient (Wildman–Crippen LogP) is 0.373. The van der Waals surface area contributed by atoms with E-state index < -0.39 is 11.9 Å². The van der Waals surface area contributed by atoms with Crippen molar-refractivity contribution in [2.75, 3.05) is 13.1 Å². The van der Waals surface area contributed by atoms with Crippen LogP contribution in [0.25, 0.3) is 0 Å². The van der Waals surface area contributed by atoms with E-state index in [4.69, 9.17) is 5.11 Å². The summed E-state index contributed by atoms with van der Waals surface area (Å²) >= 11 is 0. The number of urea groups is 1. The number of rotatable bonds is 7. The lowest BCUT2D eigenvalue weighted by atomic mass is 10.1. The molecule has 106 valence electrons. The first-order valence-electron chi connectivity index (χ1n) is 6.21. The van der Waals surface area contributed by atoms with Crippen LogP contribution in [-0.2, 0) is 18.3 Å². The van der Waals surface area contributed by atoms with E-state index in [2.05, 4.69) is 15.6 Å². The SMILES string of the molecule is CC(CCNC(=O)NCCc1nccn1C)C(=O)O. The lowest BCUT2D eigenvalue weighted by Gasteiger charge is -2.09. The van der Waals surface area contributed by atoms with Crippen LogP contribution >= 0.6 is 0 Å². The van der Waals surface area contributed by atoms with Gasteiger partial charge in [0.25, 0.3) is 0 Å². The Kier molecular flexibility index (Phi) is 5.84. The van der Waals surface area contributed by atoms with E-state index in [9.17, 15) is 9.59 Å². The highest BCUT2D eigenvalue weighted by Crippen LogP contribution is 1.99. The standard InChI is InChI=1S/C12H20N4O3/c1-9(11(17)18)3-5-14-12(19)15-6-4-10-13-7-8-16(10)2/h7-9H,3-6H2,1-2H3,(H,17,18)(H2,14,15,19). The van der Waals surface area contributed by atoms with Crippen LogP contribution in [-0.4, -0.2) is 39.7 Å². The average molecular weight is 268 g/mol. The van der Waals surface area contributed by atoms with E-state index in [-0.39, 0.29) is 6.03 Å². The molecule has 1 heterocycles. The molecule has 0 fully saturated rings. The van der Waals surface area contributed by atoms with Crippen LogP contribution in [0.2, 0.25) is 0 Å². The number of carboxylic acids is 1. The molecule has 0 saturated heterocycles. The first-order chi connectivity index (χ1) is 9.00. The first-order valence-corrected chi connectivity index (χ1v) is 6.21. The van der Waals surface area contributed by atoms with Gasteiger partial charge in [-0.05, 0) is 6.42 Å². The van der Waals surface area contributed by atoms with Gasteiger partial charge in [0.1, 0.15) is 5.82 Å². The average Bonchev–Trinajstić information content (AvgIpc) is 2.75. The number of hydrogen-bond acceptors (Lipinski definition) is 3. The van der Waals surface area contributed by atoms with E-state index >= 15 is 0 Å². The summed E-state index contributed by atoms with van der Waals surface area (Å²) in [7, 11) is 1.90. The number of aromatic nitrogens is 2. The minimum Gasteiger partial charge on any atom is -0.481 e. The van der Waals surface area contributed by atoms with Crippen LogP contribution in [0, 0.1) is 5.92 Å². The lowest BCUT2D eigenvalue weighted by Crippen LogP contribution is -2.38. The number of amides is 2. The number of carbonyl (C=O) groups is 2. The van der Waals surface area contributed by atoms with Crippen LogP contribution < -0.4 is 10.6 Å². The van der Waals surface area contributed by atoms with Crippen molar-refractivity contribution in [3.63, 3.8) is 0 Å². The van der Waals surface area contributed by atoms with E-state index in [0.29, 0.717) is 25.9 Å². The number of nitrogens with zero attached hydrogens (tertiary/aromatic N) is 2. The van der Waals surface area contributed by atoms with Gasteiger partial charge >= 0.3 is 12.0 Å². The molecule has 0 aliphatic heterocycles. The Morgan fingerprint density at radius 1 is 1.42 bits per heavy atom. The number of nitrogens with one attached hydrogen (secondary N) is 2. The Labute approximate surface area is 112 Å². The predicted molar refractivity (Wildman–Crippen MR) is 69.7 cm³/mol. The molecule has 1 atom stereocenters. The van der Waals surface area contributed by atoms with E-state index in [1.54, 1.807) is 13.1 Å². The molecule has 7 nitrogen and oxygen atoms in total. The minimum absolute atomic E-state index is 0.285. The topological polar surface area (TPSA) is 96.3 Å². The lowest BCUT2D eigenvalue weighted by molar-refractivity contribution is -0.141. The Bertz CT molecular complexity index is 430. The maximum Gasteiger partial charge on any atom is 0.314 e. The summed E-state index contributed by atoms with van der Waals surface area (Å²) in [6.45, 7) is 2.45. The first kappa shape index (κ1) is 15.0. The molecule has 7 heteroatoms. The largest absolute Gasteiger partial charge is 0.481 e. The van der Waals surface area contributed by atoms with Gasteiger partial charge in [0, 0.05) is 39.0 Å². The molecule has 1 rings (SSSR count). The fourth-order valence-corrected chi connectivity index (χ4v) is 1.51. The molecule has 0 aromatic carbocycles. The Hall–Kier alpha value is -2.05. The van der Waals surface area contributed by atoms with Crippen LogP contribution in [0.5, 0.6) is 0 Å². The van der Waals surface area contributed by atoms with Crippen molar-refractivity contribution in [1.82, 2.24) is 20.2 Å². The smallest absolute Gasteiger partial charge is 0.314 e. The minimum atomic E-state index is -0.850. The van der Waals surface area contributed by atoms with Gasteiger partial charge in [-0.15, -0.1) is 0 Å². The summed E-state index contributed by atoms with van der Waals surface area (Å²) < 4.78 is 1.90.